The van der Waals surface area contributed by atoms with E-state index in [0.717, 1.165) is 6.54 Å². The van der Waals surface area contributed by atoms with E-state index in [1.165, 1.54) is 49.4 Å². The number of nitrogens with zero attached hydrogens (tertiary/aromatic N) is 1. The van der Waals surface area contributed by atoms with Crippen LogP contribution in [0.1, 0.15) is 52.4 Å². The molecule has 1 fully saturated rings. The normalized spacial score (nSPS) is 24.1. The topological polar surface area (TPSA) is 24.4 Å². The number of amidine groups is 1. The Kier molecular flexibility index (Phi) is 6.90. The lowest BCUT2D eigenvalue weighted by Gasteiger charge is -2.24. The van der Waals surface area contributed by atoms with E-state index in [-0.39, 0.29) is 0 Å². The molecule has 1 heterocycles. The molecule has 0 amide bonds. The van der Waals surface area contributed by atoms with Crippen LogP contribution in [0.5, 0.6) is 0 Å². The third-order valence-electron chi connectivity index (χ3n) is 2.79. The van der Waals surface area contributed by atoms with Crippen molar-refractivity contribution in [3.8, 4) is 0 Å². The zero-order chi connectivity index (χ0) is 10.9. The summed E-state index contributed by atoms with van der Waals surface area (Å²) in [5.74, 6) is 1.24. The molecular formula is C12H24N2S. The third kappa shape index (κ3) is 5.45. The molecule has 1 unspecified atom stereocenters. The van der Waals surface area contributed by atoms with Crippen molar-refractivity contribution in [1.82, 2.24) is 5.32 Å². The van der Waals surface area contributed by atoms with E-state index in [9.17, 15) is 0 Å². The molecule has 0 bridgehead atoms. The second kappa shape index (κ2) is 8.03. The van der Waals surface area contributed by atoms with Crippen molar-refractivity contribution in [1.29, 1.82) is 0 Å². The molecule has 1 saturated heterocycles. The van der Waals surface area contributed by atoms with Crippen LogP contribution in [-0.2, 0) is 0 Å². The number of unbranched alkanes of at least 4 members (excludes halogenated alkanes) is 3. The summed E-state index contributed by atoms with van der Waals surface area (Å²) in [6.45, 7) is 5.49. The minimum atomic E-state index is 0.667. The smallest absolute Gasteiger partial charge is 0.156 e. The lowest BCUT2D eigenvalue weighted by molar-refractivity contribution is 0.570. The van der Waals surface area contributed by atoms with Crippen LogP contribution in [0, 0.1) is 0 Å². The Hall–Kier alpha value is -0.180. The van der Waals surface area contributed by atoms with Crippen LogP contribution >= 0.6 is 11.8 Å². The summed E-state index contributed by atoms with van der Waals surface area (Å²) in [6.07, 6.45) is 7.74. The molecule has 1 rings (SSSR count). The molecule has 1 atom stereocenters. The van der Waals surface area contributed by atoms with Crippen molar-refractivity contribution in [3.05, 3.63) is 0 Å². The van der Waals surface area contributed by atoms with E-state index in [1.54, 1.807) is 0 Å². The molecule has 3 heteroatoms. The van der Waals surface area contributed by atoms with Crippen LogP contribution in [0.2, 0.25) is 0 Å². The van der Waals surface area contributed by atoms with Crippen LogP contribution in [-0.4, -0.2) is 23.5 Å². The summed E-state index contributed by atoms with van der Waals surface area (Å²) >= 11 is 1.88. The fraction of sp³-hybridized carbons (Fsp3) is 0.917. The molecule has 2 nitrogen and oxygen atoms in total. The Labute approximate surface area is 98.3 Å². The Morgan fingerprint density at radius 1 is 1.33 bits per heavy atom. The SMILES string of the molecule is CCCCCCN=C1NC(CC)CCS1. The summed E-state index contributed by atoms with van der Waals surface area (Å²) in [6, 6.07) is 0.667. The van der Waals surface area contributed by atoms with Crippen LogP contribution in [0.15, 0.2) is 4.99 Å². The van der Waals surface area contributed by atoms with E-state index in [0.29, 0.717) is 6.04 Å². The quantitative estimate of drug-likeness (QED) is 0.704. The van der Waals surface area contributed by atoms with Gasteiger partial charge in [0.15, 0.2) is 5.17 Å². The van der Waals surface area contributed by atoms with Crippen molar-refractivity contribution < 1.29 is 0 Å². The largest absolute Gasteiger partial charge is 0.362 e. The number of hydrogen-bond donors (Lipinski definition) is 1. The summed E-state index contributed by atoms with van der Waals surface area (Å²) in [5, 5.41) is 4.69. The van der Waals surface area contributed by atoms with Gasteiger partial charge in [-0.05, 0) is 19.3 Å². The third-order valence-corrected chi connectivity index (χ3v) is 3.75. The molecule has 0 aliphatic carbocycles. The molecule has 1 N–H and O–H groups in total. The van der Waals surface area contributed by atoms with Crippen LogP contribution in [0.4, 0.5) is 0 Å². The van der Waals surface area contributed by atoms with Crippen LogP contribution < -0.4 is 5.32 Å². The van der Waals surface area contributed by atoms with E-state index in [2.05, 4.69) is 24.2 Å². The molecule has 0 spiro atoms. The molecule has 0 aromatic carbocycles. The van der Waals surface area contributed by atoms with Crippen molar-refractivity contribution in [3.63, 3.8) is 0 Å². The van der Waals surface area contributed by atoms with Gasteiger partial charge in [0.05, 0.1) is 0 Å². The van der Waals surface area contributed by atoms with E-state index in [1.807, 2.05) is 11.8 Å². The maximum atomic E-state index is 4.62. The predicted octanol–water partition coefficient (Wildman–Crippen LogP) is 3.43. The number of thioether (sulfide) groups is 1. The van der Waals surface area contributed by atoms with Gasteiger partial charge in [0, 0.05) is 18.3 Å². The van der Waals surface area contributed by atoms with Gasteiger partial charge in [-0.25, -0.2) is 0 Å². The highest BCUT2D eigenvalue weighted by Crippen LogP contribution is 2.15. The van der Waals surface area contributed by atoms with E-state index >= 15 is 0 Å². The summed E-state index contributed by atoms with van der Waals surface area (Å²) in [5.41, 5.74) is 0. The number of hydrogen-bond acceptors (Lipinski definition) is 2. The van der Waals surface area contributed by atoms with Crippen molar-refractivity contribution in [2.24, 2.45) is 4.99 Å². The molecule has 0 aromatic rings. The number of aliphatic imine (C=N–C) groups is 1. The second-order valence-corrected chi connectivity index (χ2v) is 5.22. The van der Waals surface area contributed by atoms with Crippen molar-refractivity contribution >= 4 is 16.9 Å². The van der Waals surface area contributed by atoms with Gasteiger partial charge in [-0.15, -0.1) is 0 Å². The van der Waals surface area contributed by atoms with Crippen LogP contribution in [0.25, 0.3) is 0 Å². The maximum Gasteiger partial charge on any atom is 0.156 e. The van der Waals surface area contributed by atoms with Crippen molar-refractivity contribution in [2.75, 3.05) is 12.3 Å². The molecule has 15 heavy (non-hydrogen) atoms. The molecule has 0 radical (unpaired) electrons. The first-order valence-electron chi connectivity index (χ1n) is 6.30. The maximum absolute atomic E-state index is 4.62. The number of rotatable bonds is 6. The van der Waals surface area contributed by atoms with Gasteiger partial charge < -0.3 is 5.32 Å². The summed E-state index contributed by atoms with van der Waals surface area (Å²) in [7, 11) is 0. The minimum absolute atomic E-state index is 0.667. The lowest BCUT2D eigenvalue weighted by atomic mass is 10.2. The van der Waals surface area contributed by atoms with Crippen molar-refractivity contribution in [2.45, 2.75) is 58.4 Å². The zero-order valence-corrected chi connectivity index (χ0v) is 10.9. The monoisotopic (exact) mass is 228 g/mol. The minimum Gasteiger partial charge on any atom is -0.362 e. The van der Waals surface area contributed by atoms with Gasteiger partial charge in [0.25, 0.3) is 0 Å². The molecule has 1 aliphatic heterocycles. The Balaban J connectivity index is 2.14. The molecule has 0 aromatic heterocycles. The van der Waals surface area contributed by atoms with Gasteiger partial charge in [-0.3, -0.25) is 4.99 Å². The van der Waals surface area contributed by atoms with Gasteiger partial charge in [0.1, 0.15) is 0 Å². The highest BCUT2D eigenvalue weighted by Gasteiger charge is 2.14. The van der Waals surface area contributed by atoms with Gasteiger partial charge in [-0.2, -0.15) is 0 Å². The number of nitrogens with one attached hydrogen (secondary N) is 1. The Morgan fingerprint density at radius 3 is 2.93 bits per heavy atom. The van der Waals surface area contributed by atoms with Gasteiger partial charge in [0.2, 0.25) is 0 Å². The fourth-order valence-electron chi connectivity index (χ4n) is 1.70. The van der Waals surface area contributed by atoms with E-state index < -0.39 is 0 Å². The molecule has 88 valence electrons. The van der Waals surface area contributed by atoms with Crippen LogP contribution in [0.3, 0.4) is 0 Å². The predicted molar refractivity (Wildman–Crippen MR) is 70.7 cm³/mol. The Morgan fingerprint density at radius 2 is 2.20 bits per heavy atom. The first-order chi connectivity index (χ1) is 7.36. The first-order valence-corrected chi connectivity index (χ1v) is 7.29. The van der Waals surface area contributed by atoms with E-state index in [4.69, 9.17) is 0 Å². The fourth-order valence-corrected chi connectivity index (χ4v) is 2.73. The van der Waals surface area contributed by atoms with Gasteiger partial charge in [-0.1, -0.05) is 44.9 Å². The molecular weight excluding hydrogens is 204 g/mol. The second-order valence-electron chi connectivity index (χ2n) is 4.13. The summed E-state index contributed by atoms with van der Waals surface area (Å²) in [4.78, 5) is 4.62. The molecule has 0 saturated carbocycles. The summed E-state index contributed by atoms with van der Waals surface area (Å²) < 4.78 is 0. The highest BCUT2D eigenvalue weighted by molar-refractivity contribution is 8.13. The first kappa shape index (κ1) is 12.9. The van der Waals surface area contributed by atoms with Gasteiger partial charge >= 0.3 is 0 Å². The lowest BCUT2D eigenvalue weighted by Crippen LogP contribution is -2.37. The average Bonchev–Trinajstić information content (AvgIpc) is 2.29. The standard InChI is InChI=1S/C12H24N2S/c1-3-5-6-7-9-13-12-14-11(4-2)8-10-15-12/h11H,3-10H2,1-2H3,(H,13,14). The Bertz CT molecular complexity index is 192. The zero-order valence-electron chi connectivity index (χ0n) is 10.1. The molecule has 1 aliphatic rings. The highest BCUT2D eigenvalue weighted by atomic mass is 32.2. The average molecular weight is 228 g/mol.